The van der Waals surface area contributed by atoms with Crippen LogP contribution >= 0.6 is 0 Å². The molecular formula is C18H25NO2. The van der Waals surface area contributed by atoms with E-state index in [2.05, 4.69) is 25.9 Å². The molecule has 1 fully saturated rings. The number of para-hydroxylation sites is 1. The Labute approximate surface area is 126 Å². The van der Waals surface area contributed by atoms with Gasteiger partial charge in [-0.2, -0.15) is 0 Å². The lowest BCUT2D eigenvalue weighted by Crippen LogP contribution is -2.52. The largest absolute Gasteiger partial charge is 0.458 e. The van der Waals surface area contributed by atoms with Crippen LogP contribution in [0.25, 0.3) is 11.0 Å². The van der Waals surface area contributed by atoms with E-state index >= 15 is 0 Å². The molecule has 0 amide bonds. The Morgan fingerprint density at radius 2 is 2.10 bits per heavy atom. The van der Waals surface area contributed by atoms with Gasteiger partial charge in [-0.05, 0) is 45.0 Å². The summed E-state index contributed by atoms with van der Waals surface area (Å²) in [5.74, 6) is 1.33. The summed E-state index contributed by atoms with van der Waals surface area (Å²) in [7, 11) is 4.15. The van der Waals surface area contributed by atoms with Gasteiger partial charge in [0.2, 0.25) is 0 Å². The number of aliphatic hydroxyl groups excluding tert-OH is 1. The molecule has 3 unspecified atom stereocenters. The molecule has 0 spiro atoms. The summed E-state index contributed by atoms with van der Waals surface area (Å²) >= 11 is 0. The first-order valence-electron chi connectivity index (χ1n) is 7.87. The number of likely N-dealkylation sites (N-methyl/N-ethyl adjacent to an activating group) is 1. The number of furan rings is 1. The van der Waals surface area contributed by atoms with E-state index in [0.29, 0.717) is 11.7 Å². The molecule has 1 N–H and O–H groups in total. The SMILES string of the molecule is CC1CCCC(C(O)c2cc3ccccc3o2)(N(C)C)C1. The molecule has 1 aliphatic rings. The van der Waals surface area contributed by atoms with Crippen molar-refractivity contribution in [2.75, 3.05) is 14.1 Å². The van der Waals surface area contributed by atoms with Gasteiger partial charge in [-0.3, -0.25) is 0 Å². The maximum Gasteiger partial charge on any atom is 0.135 e. The molecule has 0 aliphatic heterocycles. The fraction of sp³-hybridized carbons (Fsp3) is 0.556. The maximum absolute atomic E-state index is 11.0. The zero-order chi connectivity index (χ0) is 15.0. The van der Waals surface area contributed by atoms with Crippen LogP contribution in [0.15, 0.2) is 34.7 Å². The van der Waals surface area contributed by atoms with E-state index < -0.39 is 6.10 Å². The van der Waals surface area contributed by atoms with Crippen LogP contribution in [0.2, 0.25) is 0 Å². The highest BCUT2D eigenvalue weighted by Gasteiger charge is 2.45. The number of fused-ring (bicyclic) bond motifs is 1. The third kappa shape index (κ3) is 2.49. The van der Waals surface area contributed by atoms with Gasteiger partial charge in [0, 0.05) is 5.39 Å². The van der Waals surface area contributed by atoms with Crippen molar-refractivity contribution in [1.29, 1.82) is 0 Å². The first kappa shape index (κ1) is 14.6. The minimum atomic E-state index is -0.581. The predicted octanol–water partition coefficient (Wildman–Crippen LogP) is 3.98. The first-order valence-corrected chi connectivity index (χ1v) is 7.87. The van der Waals surface area contributed by atoms with Crippen LogP contribution in [0.4, 0.5) is 0 Å². The Morgan fingerprint density at radius 1 is 1.33 bits per heavy atom. The van der Waals surface area contributed by atoms with E-state index in [9.17, 15) is 5.11 Å². The Kier molecular flexibility index (Phi) is 3.80. The van der Waals surface area contributed by atoms with Crippen molar-refractivity contribution in [3.05, 3.63) is 36.1 Å². The average molecular weight is 287 g/mol. The number of hydrogen-bond donors (Lipinski definition) is 1. The van der Waals surface area contributed by atoms with Gasteiger partial charge in [0.25, 0.3) is 0 Å². The molecule has 2 aromatic rings. The van der Waals surface area contributed by atoms with Gasteiger partial charge in [-0.25, -0.2) is 0 Å². The molecule has 1 aromatic carbocycles. The molecule has 3 atom stereocenters. The van der Waals surface area contributed by atoms with Crippen LogP contribution in [0.3, 0.4) is 0 Å². The number of benzene rings is 1. The van der Waals surface area contributed by atoms with Crippen molar-refractivity contribution >= 4 is 11.0 Å². The first-order chi connectivity index (χ1) is 10.0. The summed E-state index contributed by atoms with van der Waals surface area (Å²) in [6.07, 6.45) is 3.86. The highest BCUT2D eigenvalue weighted by molar-refractivity contribution is 5.77. The maximum atomic E-state index is 11.0. The van der Waals surface area contributed by atoms with Gasteiger partial charge in [0.15, 0.2) is 0 Å². The highest BCUT2D eigenvalue weighted by atomic mass is 16.4. The van der Waals surface area contributed by atoms with E-state index in [1.807, 2.05) is 30.3 Å². The van der Waals surface area contributed by atoms with E-state index in [1.165, 1.54) is 6.42 Å². The molecule has 0 bridgehead atoms. The molecule has 1 saturated carbocycles. The standard InChI is InChI=1S/C18H25NO2/c1-13-7-6-10-18(12-13,19(2)3)17(20)16-11-14-8-4-5-9-15(14)21-16/h4-5,8-9,11,13,17,20H,6-7,10,12H2,1-3H3. The van der Waals surface area contributed by atoms with Crippen molar-refractivity contribution in [3.8, 4) is 0 Å². The molecule has 1 aromatic heterocycles. The minimum Gasteiger partial charge on any atom is -0.458 e. The molecule has 1 heterocycles. The summed E-state index contributed by atoms with van der Waals surface area (Å²) in [5.41, 5.74) is 0.634. The topological polar surface area (TPSA) is 36.6 Å². The normalized spacial score (nSPS) is 28.1. The smallest absolute Gasteiger partial charge is 0.135 e. The zero-order valence-electron chi connectivity index (χ0n) is 13.2. The van der Waals surface area contributed by atoms with Crippen LogP contribution in [0.1, 0.15) is 44.5 Å². The lowest BCUT2D eigenvalue weighted by Gasteiger charge is -2.47. The molecule has 0 radical (unpaired) electrons. The van der Waals surface area contributed by atoms with Crippen LogP contribution in [0, 0.1) is 5.92 Å². The fourth-order valence-corrected chi connectivity index (χ4v) is 3.87. The third-order valence-electron chi connectivity index (χ3n) is 5.12. The van der Waals surface area contributed by atoms with Gasteiger partial charge in [0.05, 0.1) is 5.54 Å². The van der Waals surface area contributed by atoms with Crippen molar-refractivity contribution in [1.82, 2.24) is 4.90 Å². The number of rotatable bonds is 3. The number of hydrogen-bond acceptors (Lipinski definition) is 3. The molecule has 0 saturated heterocycles. The Morgan fingerprint density at radius 3 is 2.76 bits per heavy atom. The van der Waals surface area contributed by atoms with Crippen molar-refractivity contribution in [3.63, 3.8) is 0 Å². The number of aliphatic hydroxyl groups is 1. The summed E-state index contributed by atoms with van der Waals surface area (Å²) in [4.78, 5) is 2.19. The summed E-state index contributed by atoms with van der Waals surface area (Å²) < 4.78 is 5.92. The number of nitrogens with zero attached hydrogens (tertiary/aromatic N) is 1. The summed E-state index contributed by atoms with van der Waals surface area (Å²) in [6.45, 7) is 2.28. The highest BCUT2D eigenvalue weighted by Crippen LogP contribution is 2.44. The quantitative estimate of drug-likeness (QED) is 0.927. The van der Waals surface area contributed by atoms with Gasteiger partial charge < -0.3 is 14.4 Å². The average Bonchev–Trinajstić information content (AvgIpc) is 2.89. The predicted molar refractivity (Wildman–Crippen MR) is 85.2 cm³/mol. The van der Waals surface area contributed by atoms with Crippen LogP contribution in [-0.2, 0) is 0 Å². The lowest BCUT2D eigenvalue weighted by molar-refractivity contribution is -0.0540. The summed E-state index contributed by atoms with van der Waals surface area (Å²) in [5, 5.41) is 12.1. The molecule has 1 aliphatic carbocycles. The van der Waals surface area contributed by atoms with E-state index in [0.717, 1.165) is 30.2 Å². The molecular weight excluding hydrogens is 262 g/mol. The Hall–Kier alpha value is -1.32. The second-order valence-corrected chi connectivity index (χ2v) is 6.79. The molecule has 3 heteroatoms. The van der Waals surface area contributed by atoms with Crippen molar-refractivity contribution in [2.24, 2.45) is 5.92 Å². The zero-order valence-corrected chi connectivity index (χ0v) is 13.2. The lowest BCUT2D eigenvalue weighted by atomic mass is 9.72. The van der Waals surface area contributed by atoms with E-state index in [4.69, 9.17) is 4.42 Å². The van der Waals surface area contributed by atoms with E-state index in [1.54, 1.807) is 0 Å². The third-order valence-corrected chi connectivity index (χ3v) is 5.12. The summed E-state index contributed by atoms with van der Waals surface area (Å²) in [6, 6.07) is 9.94. The van der Waals surface area contributed by atoms with Gasteiger partial charge in [0.1, 0.15) is 17.4 Å². The van der Waals surface area contributed by atoms with Crippen molar-refractivity contribution < 1.29 is 9.52 Å². The second-order valence-electron chi connectivity index (χ2n) is 6.79. The molecule has 114 valence electrons. The molecule has 3 nitrogen and oxygen atoms in total. The Balaban J connectivity index is 1.98. The van der Waals surface area contributed by atoms with Crippen LogP contribution in [0.5, 0.6) is 0 Å². The van der Waals surface area contributed by atoms with Gasteiger partial charge in [-0.15, -0.1) is 0 Å². The van der Waals surface area contributed by atoms with E-state index in [-0.39, 0.29) is 5.54 Å². The monoisotopic (exact) mass is 287 g/mol. The van der Waals surface area contributed by atoms with Crippen molar-refractivity contribution in [2.45, 2.75) is 44.2 Å². The van der Waals surface area contributed by atoms with Crippen LogP contribution < -0.4 is 0 Å². The second kappa shape index (κ2) is 5.47. The van der Waals surface area contributed by atoms with Crippen LogP contribution in [-0.4, -0.2) is 29.6 Å². The fourth-order valence-electron chi connectivity index (χ4n) is 3.87. The minimum absolute atomic E-state index is 0.217. The molecule has 21 heavy (non-hydrogen) atoms. The van der Waals surface area contributed by atoms with Gasteiger partial charge in [-0.1, -0.05) is 38.0 Å². The Bertz CT molecular complexity index is 585. The van der Waals surface area contributed by atoms with Gasteiger partial charge >= 0.3 is 0 Å². The molecule has 3 rings (SSSR count).